The number of aromatic nitrogens is 3. The fourth-order valence-corrected chi connectivity index (χ4v) is 2.84. The molecule has 3 rings (SSSR count). The Labute approximate surface area is 134 Å². The lowest BCUT2D eigenvalue weighted by Crippen LogP contribution is -2.41. The van der Waals surface area contributed by atoms with E-state index in [2.05, 4.69) is 17.0 Å². The van der Waals surface area contributed by atoms with E-state index in [1.165, 1.54) is 0 Å². The number of fused-ring (bicyclic) bond motifs is 3. The number of ether oxygens (including phenoxy) is 1. The standard InChI is InChI=1S/C15H19ClN4O2/c1-9-5-6-19(14(21)22-15(2,3)4)10-8-17-12-7-11(16)18-20(12)13(9)10/h7-9H,5-6H2,1-4H3. The second kappa shape index (κ2) is 5.12. The summed E-state index contributed by atoms with van der Waals surface area (Å²) in [6.07, 6.45) is 2.17. The van der Waals surface area contributed by atoms with E-state index in [0.29, 0.717) is 17.3 Å². The molecule has 118 valence electrons. The van der Waals surface area contributed by atoms with Crippen molar-refractivity contribution in [3.05, 3.63) is 23.1 Å². The maximum Gasteiger partial charge on any atom is 0.414 e. The predicted octanol–water partition coefficient (Wildman–Crippen LogP) is 3.63. The number of carbonyl (C=O) groups is 1. The van der Waals surface area contributed by atoms with Crippen LogP contribution >= 0.6 is 11.6 Å². The molecule has 0 bridgehead atoms. The van der Waals surface area contributed by atoms with E-state index < -0.39 is 5.60 Å². The normalized spacial score (nSPS) is 18.4. The Kier molecular flexibility index (Phi) is 3.51. The van der Waals surface area contributed by atoms with Gasteiger partial charge in [0, 0.05) is 18.5 Å². The summed E-state index contributed by atoms with van der Waals surface area (Å²) >= 11 is 5.98. The number of amides is 1. The molecule has 0 N–H and O–H groups in total. The third kappa shape index (κ3) is 2.63. The smallest absolute Gasteiger partial charge is 0.414 e. The van der Waals surface area contributed by atoms with Crippen molar-refractivity contribution in [3.63, 3.8) is 0 Å². The molecule has 0 saturated heterocycles. The molecule has 2 aromatic heterocycles. The Morgan fingerprint density at radius 2 is 2.18 bits per heavy atom. The molecule has 1 atom stereocenters. The zero-order chi connectivity index (χ0) is 16.1. The fraction of sp³-hybridized carbons (Fsp3) is 0.533. The molecule has 1 amide bonds. The van der Waals surface area contributed by atoms with Crippen LogP contribution in [0.4, 0.5) is 10.5 Å². The highest BCUT2D eigenvalue weighted by atomic mass is 35.5. The van der Waals surface area contributed by atoms with Gasteiger partial charge in [0.25, 0.3) is 0 Å². The van der Waals surface area contributed by atoms with Crippen molar-refractivity contribution in [2.45, 2.75) is 45.6 Å². The largest absolute Gasteiger partial charge is 0.443 e. The van der Waals surface area contributed by atoms with Crippen LogP contribution < -0.4 is 4.90 Å². The van der Waals surface area contributed by atoms with Crippen molar-refractivity contribution >= 4 is 29.0 Å². The number of hydrogen-bond donors (Lipinski definition) is 0. The van der Waals surface area contributed by atoms with Gasteiger partial charge in [0.15, 0.2) is 10.8 Å². The highest BCUT2D eigenvalue weighted by Crippen LogP contribution is 2.35. The molecule has 0 radical (unpaired) electrons. The summed E-state index contributed by atoms with van der Waals surface area (Å²) in [4.78, 5) is 18.4. The molecule has 1 aliphatic heterocycles. The van der Waals surface area contributed by atoms with Gasteiger partial charge in [-0.25, -0.2) is 14.3 Å². The first-order valence-electron chi connectivity index (χ1n) is 7.31. The van der Waals surface area contributed by atoms with Crippen LogP contribution in [0.25, 0.3) is 5.65 Å². The lowest BCUT2D eigenvalue weighted by Gasteiger charge is -2.33. The molecule has 0 saturated carbocycles. The second-order valence-electron chi connectivity index (χ2n) is 6.59. The van der Waals surface area contributed by atoms with Crippen molar-refractivity contribution in [1.29, 1.82) is 0 Å². The minimum absolute atomic E-state index is 0.259. The fourth-order valence-electron chi connectivity index (χ4n) is 2.67. The molecule has 0 aromatic carbocycles. The molecule has 1 aliphatic rings. The van der Waals surface area contributed by atoms with Crippen LogP contribution in [0.1, 0.15) is 45.7 Å². The van der Waals surface area contributed by atoms with Crippen LogP contribution in [0.3, 0.4) is 0 Å². The minimum Gasteiger partial charge on any atom is -0.443 e. The van der Waals surface area contributed by atoms with E-state index in [-0.39, 0.29) is 12.0 Å². The van der Waals surface area contributed by atoms with Gasteiger partial charge in [-0.2, -0.15) is 5.10 Å². The lowest BCUT2D eigenvalue weighted by atomic mass is 9.97. The highest BCUT2D eigenvalue weighted by Gasteiger charge is 2.32. The van der Waals surface area contributed by atoms with Crippen LogP contribution in [0.2, 0.25) is 5.15 Å². The van der Waals surface area contributed by atoms with Crippen LogP contribution in [-0.2, 0) is 4.74 Å². The third-order valence-corrected chi connectivity index (χ3v) is 3.81. The summed E-state index contributed by atoms with van der Waals surface area (Å²) < 4.78 is 7.21. The zero-order valence-electron chi connectivity index (χ0n) is 13.1. The van der Waals surface area contributed by atoms with Gasteiger partial charge in [-0.15, -0.1) is 0 Å². The molecule has 0 spiro atoms. The molecule has 7 heteroatoms. The van der Waals surface area contributed by atoms with E-state index in [0.717, 1.165) is 17.8 Å². The van der Waals surface area contributed by atoms with Crippen LogP contribution in [0.15, 0.2) is 12.3 Å². The predicted molar refractivity (Wildman–Crippen MR) is 84.6 cm³/mol. The van der Waals surface area contributed by atoms with E-state index >= 15 is 0 Å². The Balaban J connectivity index is 2.07. The summed E-state index contributed by atoms with van der Waals surface area (Å²) in [5.74, 6) is 0.259. The SMILES string of the molecule is CC1CCN(C(=O)OC(C)(C)C)c2cnc3cc(Cl)nn3c21. The molecule has 0 fully saturated rings. The number of halogens is 1. The van der Waals surface area contributed by atoms with Gasteiger partial charge in [0.05, 0.1) is 17.6 Å². The summed E-state index contributed by atoms with van der Waals surface area (Å²) in [5, 5.41) is 4.68. The van der Waals surface area contributed by atoms with E-state index in [1.54, 1.807) is 21.7 Å². The maximum absolute atomic E-state index is 12.4. The van der Waals surface area contributed by atoms with Gasteiger partial charge in [0.2, 0.25) is 0 Å². The molecule has 1 unspecified atom stereocenters. The maximum atomic E-state index is 12.4. The quantitative estimate of drug-likeness (QED) is 0.743. The first kappa shape index (κ1) is 15.1. The van der Waals surface area contributed by atoms with Gasteiger partial charge in [0.1, 0.15) is 5.60 Å². The molecule has 2 aromatic rings. The van der Waals surface area contributed by atoms with E-state index in [4.69, 9.17) is 16.3 Å². The van der Waals surface area contributed by atoms with Crippen LogP contribution in [-0.4, -0.2) is 32.8 Å². The van der Waals surface area contributed by atoms with Gasteiger partial charge >= 0.3 is 6.09 Å². The van der Waals surface area contributed by atoms with Crippen LogP contribution in [0, 0.1) is 0 Å². The number of hydrogen-bond acceptors (Lipinski definition) is 4. The van der Waals surface area contributed by atoms with Crippen molar-refractivity contribution in [3.8, 4) is 0 Å². The number of rotatable bonds is 0. The van der Waals surface area contributed by atoms with E-state index in [9.17, 15) is 4.79 Å². The van der Waals surface area contributed by atoms with Crippen molar-refractivity contribution in [2.75, 3.05) is 11.4 Å². The number of anilines is 1. The lowest BCUT2D eigenvalue weighted by molar-refractivity contribution is 0.0576. The summed E-state index contributed by atoms with van der Waals surface area (Å²) in [7, 11) is 0. The average molecular weight is 323 g/mol. The molecular formula is C15H19ClN4O2. The van der Waals surface area contributed by atoms with Crippen molar-refractivity contribution in [1.82, 2.24) is 14.6 Å². The summed E-state index contributed by atoms with van der Waals surface area (Å²) in [6, 6.07) is 1.71. The average Bonchev–Trinajstić information content (AvgIpc) is 2.76. The number of carbonyl (C=O) groups excluding carboxylic acids is 1. The van der Waals surface area contributed by atoms with E-state index in [1.807, 2.05) is 20.8 Å². The van der Waals surface area contributed by atoms with Gasteiger partial charge in [-0.3, -0.25) is 4.90 Å². The first-order valence-corrected chi connectivity index (χ1v) is 7.69. The summed E-state index contributed by atoms with van der Waals surface area (Å²) in [6.45, 7) is 8.28. The van der Waals surface area contributed by atoms with Crippen LogP contribution in [0.5, 0.6) is 0 Å². The monoisotopic (exact) mass is 322 g/mol. The second-order valence-corrected chi connectivity index (χ2v) is 6.97. The Morgan fingerprint density at radius 3 is 2.86 bits per heavy atom. The molecule has 0 aliphatic carbocycles. The van der Waals surface area contributed by atoms with Crippen molar-refractivity contribution in [2.24, 2.45) is 0 Å². The highest BCUT2D eigenvalue weighted by molar-refractivity contribution is 6.29. The topological polar surface area (TPSA) is 59.7 Å². The van der Waals surface area contributed by atoms with Crippen molar-refractivity contribution < 1.29 is 9.53 Å². The Morgan fingerprint density at radius 1 is 1.45 bits per heavy atom. The zero-order valence-corrected chi connectivity index (χ0v) is 13.9. The Bertz CT molecular complexity index is 735. The number of nitrogens with zero attached hydrogens (tertiary/aromatic N) is 4. The third-order valence-electron chi connectivity index (χ3n) is 3.63. The first-order chi connectivity index (χ1) is 10.3. The van der Waals surface area contributed by atoms with Gasteiger partial charge in [-0.1, -0.05) is 18.5 Å². The van der Waals surface area contributed by atoms with Gasteiger partial charge < -0.3 is 4.74 Å². The minimum atomic E-state index is -0.535. The Hall–Kier alpha value is -1.82. The molecule has 3 heterocycles. The molecule has 22 heavy (non-hydrogen) atoms. The molecular weight excluding hydrogens is 304 g/mol. The van der Waals surface area contributed by atoms with Gasteiger partial charge in [-0.05, 0) is 27.2 Å². The molecule has 6 nitrogen and oxygen atoms in total. The summed E-state index contributed by atoms with van der Waals surface area (Å²) in [5.41, 5.74) is 1.82.